The topological polar surface area (TPSA) is 32.5 Å². The second kappa shape index (κ2) is 5.24. The van der Waals surface area contributed by atoms with E-state index in [-0.39, 0.29) is 12.4 Å². The second-order valence-corrected chi connectivity index (χ2v) is 5.39. The lowest BCUT2D eigenvalue weighted by Crippen LogP contribution is -2.34. The standard InChI is InChI=1S/C14H22FN3/c1-10-8-18(9-14(10)17(2)3)12-5-4-11(7-16)13(15)6-12/h4-6,10,14H,7-9,16H2,1-3H3. The van der Waals surface area contributed by atoms with Crippen molar-refractivity contribution in [2.24, 2.45) is 11.7 Å². The molecule has 1 aromatic rings. The molecule has 0 amide bonds. The van der Waals surface area contributed by atoms with Crippen LogP contribution >= 0.6 is 0 Å². The molecule has 1 aromatic carbocycles. The molecule has 1 heterocycles. The smallest absolute Gasteiger partial charge is 0.129 e. The van der Waals surface area contributed by atoms with Gasteiger partial charge in [-0.25, -0.2) is 4.39 Å². The zero-order valence-electron chi connectivity index (χ0n) is 11.4. The molecule has 2 N–H and O–H groups in total. The monoisotopic (exact) mass is 251 g/mol. The molecule has 3 nitrogen and oxygen atoms in total. The molecule has 2 atom stereocenters. The Bertz CT molecular complexity index is 420. The van der Waals surface area contributed by atoms with Crippen LogP contribution < -0.4 is 10.6 Å². The molecule has 4 heteroatoms. The highest BCUT2D eigenvalue weighted by Crippen LogP contribution is 2.27. The number of anilines is 1. The Morgan fingerprint density at radius 3 is 2.61 bits per heavy atom. The number of nitrogens with zero attached hydrogens (tertiary/aromatic N) is 2. The predicted molar refractivity (Wildman–Crippen MR) is 73.1 cm³/mol. The molecule has 0 aromatic heterocycles. The molecule has 2 unspecified atom stereocenters. The van der Waals surface area contributed by atoms with Crippen LogP contribution in [-0.2, 0) is 6.54 Å². The summed E-state index contributed by atoms with van der Waals surface area (Å²) >= 11 is 0. The number of benzene rings is 1. The molecular weight excluding hydrogens is 229 g/mol. The van der Waals surface area contributed by atoms with Gasteiger partial charge in [-0.3, -0.25) is 0 Å². The highest BCUT2D eigenvalue weighted by atomic mass is 19.1. The van der Waals surface area contributed by atoms with Gasteiger partial charge in [0.2, 0.25) is 0 Å². The zero-order valence-corrected chi connectivity index (χ0v) is 11.4. The Labute approximate surface area is 108 Å². The summed E-state index contributed by atoms with van der Waals surface area (Å²) in [5.41, 5.74) is 7.02. The summed E-state index contributed by atoms with van der Waals surface area (Å²) in [4.78, 5) is 4.49. The molecule has 0 aliphatic carbocycles. The van der Waals surface area contributed by atoms with E-state index in [9.17, 15) is 4.39 Å². The van der Waals surface area contributed by atoms with Crippen LogP contribution in [0.3, 0.4) is 0 Å². The van der Waals surface area contributed by atoms with Crippen molar-refractivity contribution in [3.05, 3.63) is 29.6 Å². The first-order chi connectivity index (χ1) is 8.52. The van der Waals surface area contributed by atoms with Gasteiger partial charge in [-0.1, -0.05) is 13.0 Å². The van der Waals surface area contributed by atoms with E-state index in [1.54, 1.807) is 12.1 Å². The third-order valence-corrected chi connectivity index (χ3v) is 3.86. The Kier molecular flexibility index (Phi) is 3.88. The Morgan fingerprint density at radius 1 is 1.39 bits per heavy atom. The zero-order chi connectivity index (χ0) is 13.3. The predicted octanol–water partition coefficient (Wildman–Crippen LogP) is 1.67. The van der Waals surface area contributed by atoms with Gasteiger partial charge in [0.25, 0.3) is 0 Å². The highest BCUT2D eigenvalue weighted by Gasteiger charge is 2.31. The van der Waals surface area contributed by atoms with Gasteiger partial charge in [0.05, 0.1) is 0 Å². The van der Waals surface area contributed by atoms with Gasteiger partial charge in [0, 0.05) is 36.9 Å². The van der Waals surface area contributed by atoms with Crippen LogP contribution in [-0.4, -0.2) is 38.1 Å². The fourth-order valence-corrected chi connectivity index (χ4v) is 2.73. The number of likely N-dealkylation sites (N-methyl/N-ethyl adjacent to an activating group) is 1. The number of nitrogens with two attached hydrogens (primary N) is 1. The molecule has 0 saturated carbocycles. The van der Waals surface area contributed by atoms with Gasteiger partial charge in [-0.15, -0.1) is 0 Å². The molecular formula is C14H22FN3. The molecule has 0 radical (unpaired) electrons. The molecule has 1 aliphatic heterocycles. The summed E-state index contributed by atoms with van der Waals surface area (Å²) in [5.74, 6) is 0.396. The lowest BCUT2D eigenvalue weighted by atomic mass is 10.1. The van der Waals surface area contributed by atoms with Gasteiger partial charge < -0.3 is 15.5 Å². The second-order valence-electron chi connectivity index (χ2n) is 5.39. The minimum absolute atomic E-state index is 0.198. The summed E-state index contributed by atoms with van der Waals surface area (Å²) in [6.07, 6.45) is 0. The van der Waals surface area contributed by atoms with Crippen molar-refractivity contribution in [1.82, 2.24) is 4.90 Å². The first-order valence-corrected chi connectivity index (χ1v) is 6.42. The number of hydrogen-bond donors (Lipinski definition) is 1. The molecule has 0 bridgehead atoms. The van der Waals surface area contributed by atoms with Crippen LogP contribution in [0, 0.1) is 11.7 Å². The molecule has 1 fully saturated rings. The maximum absolute atomic E-state index is 13.7. The summed E-state index contributed by atoms with van der Waals surface area (Å²) in [5, 5.41) is 0. The van der Waals surface area contributed by atoms with Crippen molar-refractivity contribution in [2.75, 3.05) is 32.1 Å². The van der Waals surface area contributed by atoms with E-state index in [1.165, 1.54) is 0 Å². The molecule has 2 rings (SSSR count). The lowest BCUT2D eigenvalue weighted by Gasteiger charge is -2.23. The first kappa shape index (κ1) is 13.3. The average molecular weight is 251 g/mol. The summed E-state index contributed by atoms with van der Waals surface area (Å²) < 4.78 is 13.7. The van der Waals surface area contributed by atoms with Crippen LogP contribution in [0.5, 0.6) is 0 Å². The third-order valence-electron chi connectivity index (χ3n) is 3.86. The third kappa shape index (κ3) is 2.49. The van der Waals surface area contributed by atoms with E-state index in [4.69, 9.17) is 5.73 Å². The van der Waals surface area contributed by atoms with Crippen LogP contribution in [0.1, 0.15) is 12.5 Å². The molecule has 1 saturated heterocycles. The van der Waals surface area contributed by atoms with E-state index in [0.29, 0.717) is 17.5 Å². The van der Waals surface area contributed by atoms with Crippen molar-refractivity contribution in [3.8, 4) is 0 Å². The Balaban J connectivity index is 2.16. The number of halogens is 1. The minimum Gasteiger partial charge on any atom is -0.370 e. The average Bonchev–Trinajstić information content (AvgIpc) is 2.71. The van der Waals surface area contributed by atoms with Crippen molar-refractivity contribution in [2.45, 2.75) is 19.5 Å². The maximum atomic E-state index is 13.7. The lowest BCUT2D eigenvalue weighted by molar-refractivity contribution is 0.266. The summed E-state index contributed by atoms with van der Waals surface area (Å²) in [6, 6.07) is 5.89. The SMILES string of the molecule is CC1CN(c2ccc(CN)c(F)c2)CC1N(C)C. The van der Waals surface area contributed by atoms with Crippen LogP contribution in [0.25, 0.3) is 0 Å². The fraction of sp³-hybridized carbons (Fsp3) is 0.571. The van der Waals surface area contributed by atoms with E-state index < -0.39 is 0 Å². The molecule has 100 valence electrons. The van der Waals surface area contributed by atoms with Crippen LogP contribution in [0.4, 0.5) is 10.1 Å². The summed E-state index contributed by atoms with van der Waals surface area (Å²) in [7, 11) is 4.20. The minimum atomic E-state index is -0.198. The summed E-state index contributed by atoms with van der Waals surface area (Å²) in [6.45, 7) is 4.43. The van der Waals surface area contributed by atoms with E-state index in [1.807, 2.05) is 6.07 Å². The fourth-order valence-electron chi connectivity index (χ4n) is 2.73. The van der Waals surface area contributed by atoms with Gasteiger partial charge >= 0.3 is 0 Å². The van der Waals surface area contributed by atoms with Gasteiger partial charge in [0.1, 0.15) is 5.82 Å². The molecule has 1 aliphatic rings. The number of hydrogen-bond acceptors (Lipinski definition) is 3. The van der Waals surface area contributed by atoms with Gasteiger partial charge in [-0.05, 0) is 32.1 Å². The molecule has 18 heavy (non-hydrogen) atoms. The van der Waals surface area contributed by atoms with Crippen molar-refractivity contribution in [3.63, 3.8) is 0 Å². The van der Waals surface area contributed by atoms with Crippen LogP contribution in [0.15, 0.2) is 18.2 Å². The Morgan fingerprint density at radius 2 is 2.11 bits per heavy atom. The number of rotatable bonds is 3. The van der Waals surface area contributed by atoms with Crippen molar-refractivity contribution >= 4 is 5.69 Å². The van der Waals surface area contributed by atoms with Gasteiger partial charge in [-0.2, -0.15) is 0 Å². The largest absolute Gasteiger partial charge is 0.370 e. The van der Waals surface area contributed by atoms with E-state index >= 15 is 0 Å². The quantitative estimate of drug-likeness (QED) is 0.887. The van der Waals surface area contributed by atoms with Crippen LogP contribution in [0.2, 0.25) is 0 Å². The first-order valence-electron chi connectivity index (χ1n) is 6.42. The Hall–Kier alpha value is -1.13. The van der Waals surface area contributed by atoms with E-state index in [2.05, 4.69) is 30.8 Å². The normalized spacial score (nSPS) is 24.0. The van der Waals surface area contributed by atoms with Crippen molar-refractivity contribution in [1.29, 1.82) is 0 Å². The molecule has 0 spiro atoms. The van der Waals surface area contributed by atoms with E-state index in [0.717, 1.165) is 18.8 Å². The van der Waals surface area contributed by atoms with Gasteiger partial charge in [0.15, 0.2) is 0 Å². The maximum Gasteiger partial charge on any atom is 0.129 e. The highest BCUT2D eigenvalue weighted by molar-refractivity contribution is 5.49. The van der Waals surface area contributed by atoms with Crippen molar-refractivity contribution < 1.29 is 4.39 Å².